The number of carbonyl (C=O) groups is 1. The minimum absolute atomic E-state index is 0.0779. The van der Waals surface area contributed by atoms with Gasteiger partial charge in [0.25, 0.3) is 0 Å². The van der Waals surface area contributed by atoms with E-state index in [0.717, 1.165) is 59.5 Å². The molecule has 0 spiro atoms. The molecule has 254 valence electrons. The van der Waals surface area contributed by atoms with Crippen LogP contribution in [0.25, 0.3) is 0 Å². The van der Waals surface area contributed by atoms with Crippen LogP contribution in [0.1, 0.15) is 70.3 Å². The van der Waals surface area contributed by atoms with Gasteiger partial charge in [-0.3, -0.25) is 4.79 Å². The van der Waals surface area contributed by atoms with E-state index in [4.69, 9.17) is 19.5 Å². The second-order valence-electron chi connectivity index (χ2n) is 12.5. The summed E-state index contributed by atoms with van der Waals surface area (Å²) in [5.74, 6) is -0.368. The predicted molar refractivity (Wildman–Crippen MR) is 185 cm³/mol. The van der Waals surface area contributed by atoms with E-state index in [1.807, 2.05) is 43.3 Å². The lowest BCUT2D eigenvalue weighted by molar-refractivity contribution is -0.223. The molecule has 1 amide bonds. The number of aliphatic hydroxyl groups excluding tert-OH is 2. The van der Waals surface area contributed by atoms with Crippen molar-refractivity contribution in [1.29, 1.82) is 0 Å². The summed E-state index contributed by atoms with van der Waals surface area (Å²) in [6.45, 7) is 8.36. The molecular formula is C37H48N2O7S. The Morgan fingerprint density at radius 2 is 1.87 bits per heavy atom. The molecule has 6 atom stereocenters. The lowest BCUT2D eigenvalue weighted by atomic mass is 9.56. The summed E-state index contributed by atoms with van der Waals surface area (Å²) >= 11 is 1.65. The zero-order valence-corrected chi connectivity index (χ0v) is 28.2. The van der Waals surface area contributed by atoms with Crippen LogP contribution < -0.4 is 10.1 Å². The number of hydrogen-bond donors (Lipinski definition) is 4. The maximum Gasteiger partial charge on any atom is 0.231 e. The maximum atomic E-state index is 11.6. The highest BCUT2D eigenvalue weighted by atomic mass is 32.2. The van der Waals surface area contributed by atoms with E-state index in [9.17, 15) is 20.1 Å². The molecule has 9 nitrogen and oxygen atoms in total. The molecule has 47 heavy (non-hydrogen) atoms. The zero-order valence-electron chi connectivity index (χ0n) is 27.4. The van der Waals surface area contributed by atoms with Crippen molar-refractivity contribution in [2.45, 2.75) is 80.6 Å². The monoisotopic (exact) mass is 664 g/mol. The van der Waals surface area contributed by atoms with Gasteiger partial charge in [-0.25, -0.2) is 0 Å². The number of amides is 1. The molecule has 6 unspecified atom stereocenters. The van der Waals surface area contributed by atoms with Gasteiger partial charge in [-0.15, -0.1) is 18.3 Å². The van der Waals surface area contributed by atoms with Crippen molar-refractivity contribution in [2.24, 2.45) is 22.9 Å². The molecule has 0 aromatic heterocycles. The fourth-order valence-corrected chi connectivity index (χ4v) is 8.85. The van der Waals surface area contributed by atoms with Crippen LogP contribution in [-0.2, 0) is 14.4 Å². The first-order chi connectivity index (χ1) is 22.8. The molecule has 1 saturated carbocycles. The molecule has 1 fully saturated rings. The summed E-state index contributed by atoms with van der Waals surface area (Å²) in [6, 6.07) is 13.1. The van der Waals surface area contributed by atoms with Gasteiger partial charge < -0.3 is 34.9 Å². The van der Waals surface area contributed by atoms with Crippen LogP contribution in [0.2, 0.25) is 0 Å². The van der Waals surface area contributed by atoms with Crippen molar-refractivity contribution in [2.75, 3.05) is 31.7 Å². The number of unbranched alkanes of at least 4 members (excludes halogenated alkanes) is 2. The lowest BCUT2D eigenvalue weighted by Gasteiger charge is -2.58. The van der Waals surface area contributed by atoms with Gasteiger partial charge in [-0.1, -0.05) is 30.1 Å². The van der Waals surface area contributed by atoms with Gasteiger partial charge in [0.1, 0.15) is 18.1 Å². The minimum Gasteiger partial charge on any atom is -0.508 e. The number of nitrogens with one attached hydrogen (secondary N) is 1. The molecule has 2 aromatic carbocycles. The number of aliphatic hydroxyl groups is 2. The number of benzene rings is 2. The Hall–Kier alpha value is -3.31. The average Bonchev–Trinajstić information content (AvgIpc) is 3.06. The van der Waals surface area contributed by atoms with Gasteiger partial charge in [0.05, 0.1) is 23.5 Å². The van der Waals surface area contributed by atoms with Crippen molar-refractivity contribution >= 4 is 29.1 Å². The first-order valence-electron chi connectivity index (χ1n) is 16.8. The smallest absolute Gasteiger partial charge is 0.231 e. The number of phenols is 1. The zero-order chi connectivity index (χ0) is 33.4. The SMILES string of the molecule is C=CCOC12Oc3ccc(O)cc3C3C(CCCCO)C(CCCCO)C=C(C(=NOCC)CC1Sc1ccc(NC(C)=O)cc1)C32. The van der Waals surface area contributed by atoms with Crippen LogP contribution in [0.3, 0.4) is 0 Å². The Morgan fingerprint density at radius 1 is 1.13 bits per heavy atom. The number of fused-ring (bicyclic) bond motifs is 2. The fraction of sp³-hybridized carbons (Fsp3) is 0.514. The Kier molecular flexibility index (Phi) is 12.1. The summed E-state index contributed by atoms with van der Waals surface area (Å²) in [5, 5.41) is 37.4. The minimum atomic E-state index is -1.10. The largest absolute Gasteiger partial charge is 0.508 e. The normalized spacial score (nSPS) is 26.9. The quantitative estimate of drug-likeness (QED) is 0.0877. The van der Waals surface area contributed by atoms with Crippen molar-refractivity contribution in [3.63, 3.8) is 0 Å². The van der Waals surface area contributed by atoms with Gasteiger partial charge in [0.15, 0.2) is 0 Å². The van der Waals surface area contributed by atoms with Crippen molar-refractivity contribution in [1.82, 2.24) is 0 Å². The van der Waals surface area contributed by atoms with E-state index in [-0.39, 0.29) is 60.4 Å². The van der Waals surface area contributed by atoms with Gasteiger partial charge in [-0.05, 0) is 92.5 Å². The average molecular weight is 665 g/mol. The number of oxime groups is 1. The molecule has 10 heteroatoms. The molecular weight excluding hydrogens is 616 g/mol. The number of nitrogens with zero attached hydrogens (tertiary/aromatic N) is 1. The van der Waals surface area contributed by atoms with Crippen molar-refractivity contribution in [3.05, 3.63) is 72.3 Å². The van der Waals surface area contributed by atoms with Crippen molar-refractivity contribution < 1.29 is 34.4 Å². The highest BCUT2D eigenvalue weighted by molar-refractivity contribution is 8.00. The molecule has 1 aliphatic heterocycles. The topological polar surface area (TPSA) is 130 Å². The van der Waals surface area contributed by atoms with Crippen molar-refractivity contribution in [3.8, 4) is 11.5 Å². The standard InChI is InChI=1S/C37H48N2O7S/c1-4-20-44-37-34(47-28-15-12-26(13-16-28)38-24(3)42)23-32(39-45-5-2)30-21-25(10-6-8-18-40)29(11-7-9-19-41)35(36(30)37)31-22-27(43)14-17-33(31)46-37/h4,12-17,21-22,25,29,34-36,40-41,43H,1,5-11,18-20,23H2,2-3H3,(H,38,42). The summed E-state index contributed by atoms with van der Waals surface area (Å²) in [5.41, 5.74) is 3.58. The summed E-state index contributed by atoms with van der Waals surface area (Å²) in [6.07, 6.45) is 9.57. The third-order valence-corrected chi connectivity index (χ3v) is 10.7. The van der Waals surface area contributed by atoms with E-state index < -0.39 is 5.79 Å². The second kappa shape index (κ2) is 16.2. The molecule has 5 rings (SSSR count). The third-order valence-electron chi connectivity index (χ3n) is 9.39. The predicted octanol–water partition coefficient (Wildman–Crippen LogP) is 6.80. The van der Waals surface area contributed by atoms with E-state index in [1.165, 1.54) is 6.92 Å². The van der Waals surface area contributed by atoms with Crippen LogP contribution >= 0.6 is 11.8 Å². The van der Waals surface area contributed by atoms with E-state index in [0.29, 0.717) is 25.2 Å². The molecule has 2 aromatic rings. The first-order valence-corrected chi connectivity index (χ1v) is 17.7. The maximum absolute atomic E-state index is 11.6. The fourth-order valence-electron chi connectivity index (χ4n) is 7.56. The van der Waals surface area contributed by atoms with E-state index in [1.54, 1.807) is 23.9 Å². The Morgan fingerprint density at radius 3 is 2.55 bits per heavy atom. The Labute approximate surface area is 282 Å². The summed E-state index contributed by atoms with van der Waals surface area (Å²) in [4.78, 5) is 18.4. The number of rotatable bonds is 16. The first kappa shape index (κ1) is 35.0. The van der Waals surface area contributed by atoms with Gasteiger partial charge in [0.2, 0.25) is 11.7 Å². The molecule has 3 aliphatic rings. The molecule has 1 heterocycles. The van der Waals surface area contributed by atoms with Crippen LogP contribution in [0.4, 0.5) is 5.69 Å². The summed E-state index contributed by atoms with van der Waals surface area (Å²) in [7, 11) is 0. The van der Waals surface area contributed by atoms with E-state index >= 15 is 0 Å². The third kappa shape index (κ3) is 7.72. The van der Waals surface area contributed by atoms with Crippen LogP contribution in [0.15, 0.2) is 76.8 Å². The van der Waals surface area contributed by atoms with Gasteiger partial charge >= 0.3 is 0 Å². The van der Waals surface area contributed by atoms with Gasteiger partial charge in [-0.2, -0.15) is 0 Å². The highest BCUT2D eigenvalue weighted by Gasteiger charge is 2.64. The molecule has 0 saturated heterocycles. The molecule has 2 aliphatic carbocycles. The second-order valence-corrected chi connectivity index (χ2v) is 13.8. The number of carbonyl (C=O) groups excluding carboxylic acids is 1. The number of anilines is 1. The lowest BCUT2D eigenvalue weighted by Crippen LogP contribution is -2.64. The van der Waals surface area contributed by atoms with E-state index in [2.05, 4.69) is 18.0 Å². The number of ether oxygens (including phenoxy) is 2. The van der Waals surface area contributed by atoms with Crippen LogP contribution in [0, 0.1) is 17.8 Å². The molecule has 4 N–H and O–H groups in total. The number of allylic oxidation sites excluding steroid dienone is 1. The Bertz CT molecular complexity index is 1440. The number of hydrogen-bond acceptors (Lipinski definition) is 9. The number of aromatic hydroxyl groups is 1. The molecule has 0 radical (unpaired) electrons. The van der Waals surface area contributed by atoms with Gasteiger partial charge in [0, 0.05) is 48.6 Å². The molecule has 0 bridgehead atoms. The number of thioether (sulfide) groups is 1. The van der Waals surface area contributed by atoms with Crippen LogP contribution in [-0.4, -0.2) is 64.4 Å². The highest BCUT2D eigenvalue weighted by Crippen LogP contribution is 2.63. The van der Waals surface area contributed by atoms with Crippen LogP contribution in [0.5, 0.6) is 11.5 Å². The summed E-state index contributed by atoms with van der Waals surface area (Å²) < 4.78 is 13.9. The number of phenolic OH excluding ortho intramolecular Hbond substituents is 1. The Balaban J connectivity index is 1.68.